The third-order valence-corrected chi connectivity index (χ3v) is 5.52. The number of morpholine rings is 1. The van der Waals surface area contributed by atoms with Crippen LogP contribution in [-0.2, 0) is 9.16 Å². The summed E-state index contributed by atoms with van der Waals surface area (Å²) in [7, 11) is 0.500. The molecule has 1 aliphatic rings. The van der Waals surface area contributed by atoms with Crippen LogP contribution in [-0.4, -0.2) is 41.2 Å². The van der Waals surface area contributed by atoms with Crippen LogP contribution in [0.15, 0.2) is 0 Å². The highest BCUT2D eigenvalue weighted by molar-refractivity contribution is 6.71. The summed E-state index contributed by atoms with van der Waals surface area (Å²) in [6.45, 7) is 7.44. The van der Waals surface area contributed by atoms with Gasteiger partial charge in [0.2, 0.25) is 0 Å². The van der Waals surface area contributed by atoms with Crippen molar-refractivity contribution in [2.75, 3.05) is 26.8 Å². The van der Waals surface area contributed by atoms with Gasteiger partial charge in [-0.1, -0.05) is 6.42 Å². The van der Waals surface area contributed by atoms with Crippen molar-refractivity contribution in [1.82, 2.24) is 5.32 Å². The Morgan fingerprint density at radius 3 is 2.86 bits per heavy atom. The molecular weight excluding hydrogens is 194 g/mol. The minimum absolute atomic E-state index is 0.436. The molecule has 1 saturated heterocycles. The monoisotopic (exact) mass is 217 g/mol. The summed E-state index contributed by atoms with van der Waals surface area (Å²) in [5.41, 5.74) is 0. The van der Waals surface area contributed by atoms with Crippen molar-refractivity contribution in [3.05, 3.63) is 0 Å². The molecule has 1 unspecified atom stereocenters. The van der Waals surface area contributed by atoms with Gasteiger partial charge in [-0.15, -0.1) is 0 Å². The molecule has 0 aromatic carbocycles. The molecule has 1 atom stereocenters. The van der Waals surface area contributed by atoms with Gasteiger partial charge < -0.3 is 14.5 Å². The first kappa shape index (κ1) is 12.2. The molecule has 1 fully saturated rings. The third kappa shape index (κ3) is 4.55. The molecule has 0 aromatic heterocycles. The number of ether oxygens (including phenoxy) is 1. The fourth-order valence-electron chi connectivity index (χ4n) is 1.66. The maximum Gasteiger partial charge on any atom is 0.186 e. The largest absolute Gasteiger partial charge is 0.420 e. The molecule has 3 nitrogen and oxygen atoms in total. The van der Waals surface area contributed by atoms with E-state index >= 15 is 0 Å². The van der Waals surface area contributed by atoms with Crippen LogP contribution in [0.25, 0.3) is 0 Å². The Kier molecular flexibility index (Phi) is 5.09. The topological polar surface area (TPSA) is 30.5 Å². The Hall–Kier alpha value is 0.0969. The fraction of sp³-hybridized carbons (Fsp3) is 1.00. The van der Waals surface area contributed by atoms with Crippen LogP contribution in [0.4, 0.5) is 0 Å². The molecule has 1 heterocycles. The predicted molar refractivity (Wildman–Crippen MR) is 61.1 cm³/mol. The minimum atomic E-state index is -1.34. The summed E-state index contributed by atoms with van der Waals surface area (Å²) in [4.78, 5) is 0. The first-order valence-corrected chi connectivity index (χ1v) is 8.63. The van der Waals surface area contributed by atoms with Crippen molar-refractivity contribution in [2.24, 2.45) is 0 Å². The van der Waals surface area contributed by atoms with Crippen LogP contribution in [0.5, 0.6) is 0 Å². The molecule has 0 aromatic rings. The van der Waals surface area contributed by atoms with E-state index in [9.17, 15) is 0 Å². The van der Waals surface area contributed by atoms with Gasteiger partial charge in [-0.2, -0.15) is 0 Å². The van der Waals surface area contributed by atoms with Crippen LogP contribution in [0, 0.1) is 0 Å². The lowest BCUT2D eigenvalue weighted by atomic mass is 10.2. The zero-order chi connectivity index (χ0) is 10.4. The van der Waals surface area contributed by atoms with Crippen LogP contribution in [0.2, 0.25) is 19.1 Å². The highest BCUT2D eigenvalue weighted by atomic mass is 28.4. The third-order valence-electron chi connectivity index (χ3n) is 2.86. The molecule has 84 valence electrons. The molecule has 0 saturated carbocycles. The molecule has 0 radical (unpaired) electrons. The highest BCUT2D eigenvalue weighted by Gasteiger charge is 2.21. The van der Waals surface area contributed by atoms with Crippen LogP contribution < -0.4 is 5.32 Å². The first-order valence-electron chi connectivity index (χ1n) is 5.51. The maximum absolute atomic E-state index is 5.64. The molecule has 4 heteroatoms. The van der Waals surface area contributed by atoms with E-state index in [4.69, 9.17) is 9.16 Å². The van der Waals surface area contributed by atoms with Crippen molar-refractivity contribution >= 4 is 8.32 Å². The zero-order valence-electron chi connectivity index (χ0n) is 9.64. The standard InChI is InChI=1S/C10H23NO2Si/c1-12-14(2,3)8-4-5-10-9-11-6-7-13-10/h10-11H,4-9H2,1-3H3. The van der Waals surface area contributed by atoms with Gasteiger partial charge in [0.1, 0.15) is 0 Å². The lowest BCUT2D eigenvalue weighted by Crippen LogP contribution is -2.38. The lowest BCUT2D eigenvalue weighted by molar-refractivity contribution is 0.0231. The quantitative estimate of drug-likeness (QED) is 0.710. The van der Waals surface area contributed by atoms with Crippen LogP contribution >= 0.6 is 0 Å². The summed E-state index contributed by atoms with van der Waals surface area (Å²) in [5, 5.41) is 3.35. The summed E-state index contributed by atoms with van der Waals surface area (Å²) >= 11 is 0. The molecule has 0 spiro atoms. The molecule has 1 N–H and O–H groups in total. The van der Waals surface area contributed by atoms with Crippen molar-refractivity contribution in [3.63, 3.8) is 0 Å². The molecule has 0 amide bonds. The van der Waals surface area contributed by atoms with Gasteiger partial charge in [0, 0.05) is 20.2 Å². The second-order valence-electron chi connectivity index (χ2n) is 4.55. The molecular formula is C10H23NO2Si. The summed E-state index contributed by atoms with van der Waals surface area (Å²) < 4.78 is 11.1. The van der Waals surface area contributed by atoms with E-state index in [2.05, 4.69) is 18.4 Å². The van der Waals surface area contributed by atoms with Crippen molar-refractivity contribution in [1.29, 1.82) is 0 Å². The maximum atomic E-state index is 5.64. The number of rotatable bonds is 5. The molecule has 1 aliphatic heterocycles. The summed E-state index contributed by atoms with van der Waals surface area (Å²) in [6.07, 6.45) is 2.84. The predicted octanol–water partition coefficient (Wildman–Crippen LogP) is 1.61. The second-order valence-corrected chi connectivity index (χ2v) is 8.98. The Morgan fingerprint density at radius 1 is 1.50 bits per heavy atom. The van der Waals surface area contributed by atoms with E-state index < -0.39 is 8.32 Å². The van der Waals surface area contributed by atoms with E-state index in [0.29, 0.717) is 6.10 Å². The fourth-order valence-corrected chi connectivity index (χ4v) is 2.92. The van der Waals surface area contributed by atoms with Gasteiger partial charge in [0.05, 0.1) is 12.7 Å². The summed E-state index contributed by atoms with van der Waals surface area (Å²) in [5.74, 6) is 0. The van der Waals surface area contributed by atoms with E-state index in [0.717, 1.165) is 19.7 Å². The van der Waals surface area contributed by atoms with Gasteiger partial charge in [0.15, 0.2) is 8.32 Å². The van der Waals surface area contributed by atoms with Gasteiger partial charge in [0.25, 0.3) is 0 Å². The van der Waals surface area contributed by atoms with Crippen molar-refractivity contribution < 1.29 is 9.16 Å². The minimum Gasteiger partial charge on any atom is -0.420 e. The van der Waals surface area contributed by atoms with Crippen molar-refractivity contribution in [3.8, 4) is 0 Å². The average molecular weight is 217 g/mol. The molecule has 14 heavy (non-hydrogen) atoms. The Morgan fingerprint density at radius 2 is 2.29 bits per heavy atom. The van der Waals surface area contributed by atoms with E-state index in [1.165, 1.54) is 18.9 Å². The molecule has 0 bridgehead atoms. The van der Waals surface area contributed by atoms with Crippen molar-refractivity contribution in [2.45, 2.75) is 38.1 Å². The van der Waals surface area contributed by atoms with E-state index in [-0.39, 0.29) is 0 Å². The number of nitrogens with one attached hydrogen (secondary N) is 1. The molecule has 0 aliphatic carbocycles. The van der Waals surface area contributed by atoms with E-state index in [1.54, 1.807) is 0 Å². The van der Waals surface area contributed by atoms with Gasteiger partial charge >= 0.3 is 0 Å². The SMILES string of the molecule is CO[Si](C)(C)CCCC1CNCCO1. The Labute approximate surface area is 88.3 Å². The normalized spacial score (nSPS) is 23.8. The summed E-state index contributed by atoms with van der Waals surface area (Å²) in [6, 6.07) is 1.24. The smallest absolute Gasteiger partial charge is 0.186 e. The van der Waals surface area contributed by atoms with Crippen LogP contribution in [0.3, 0.4) is 0 Å². The zero-order valence-corrected chi connectivity index (χ0v) is 10.6. The Bertz CT molecular complexity index is 158. The highest BCUT2D eigenvalue weighted by Crippen LogP contribution is 2.16. The number of hydrogen-bond acceptors (Lipinski definition) is 3. The van der Waals surface area contributed by atoms with E-state index in [1.807, 2.05) is 7.11 Å². The average Bonchev–Trinajstić information content (AvgIpc) is 2.19. The lowest BCUT2D eigenvalue weighted by Gasteiger charge is -2.25. The second kappa shape index (κ2) is 5.85. The Balaban J connectivity index is 2.08. The molecule has 1 rings (SSSR count). The van der Waals surface area contributed by atoms with Gasteiger partial charge in [-0.25, -0.2) is 0 Å². The number of hydrogen-bond donors (Lipinski definition) is 1. The van der Waals surface area contributed by atoms with Gasteiger partial charge in [-0.05, 0) is 25.6 Å². The van der Waals surface area contributed by atoms with Gasteiger partial charge in [-0.3, -0.25) is 0 Å². The first-order chi connectivity index (χ1) is 6.64. The van der Waals surface area contributed by atoms with Crippen LogP contribution in [0.1, 0.15) is 12.8 Å².